The second-order valence-corrected chi connectivity index (χ2v) is 10.2. The van der Waals surface area contributed by atoms with Crippen molar-refractivity contribution in [2.24, 2.45) is 0 Å². The third-order valence-corrected chi connectivity index (χ3v) is 8.45. The fourth-order valence-electron chi connectivity index (χ4n) is 3.90. The minimum absolute atomic E-state index is 0.133. The maximum absolute atomic E-state index is 13.2. The first-order valence-electron chi connectivity index (χ1n) is 9.84. The SMILES string of the molecule is O=C(c1sccc1S(=O)(=O)N1CCCC1)N1CCCN(c2ccc(F)cc2)CC1. The van der Waals surface area contributed by atoms with E-state index in [1.165, 1.54) is 27.8 Å². The van der Waals surface area contributed by atoms with Gasteiger partial charge in [-0.15, -0.1) is 11.3 Å². The predicted octanol–water partition coefficient (Wildman–Crippen LogP) is 3.02. The number of amides is 1. The summed E-state index contributed by atoms with van der Waals surface area (Å²) in [5.41, 5.74) is 0.925. The molecule has 2 fully saturated rings. The van der Waals surface area contributed by atoms with Gasteiger partial charge in [0.15, 0.2) is 0 Å². The third-order valence-electron chi connectivity index (χ3n) is 5.48. The van der Waals surface area contributed by atoms with Crippen molar-refractivity contribution in [2.75, 3.05) is 44.2 Å². The zero-order valence-corrected chi connectivity index (χ0v) is 17.7. The highest BCUT2D eigenvalue weighted by molar-refractivity contribution is 7.89. The highest BCUT2D eigenvalue weighted by Gasteiger charge is 2.33. The monoisotopic (exact) mass is 437 g/mol. The van der Waals surface area contributed by atoms with Gasteiger partial charge in [-0.05, 0) is 55.0 Å². The van der Waals surface area contributed by atoms with Crippen LogP contribution in [0, 0.1) is 5.82 Å². The summed E-state index contributed by atoms with van der Waals surface area (Å²) in [7, 11) is -3.63. The number of carbonyl (C=O) groups excluding carboxylic acids is 1. The van der Waals surface area contributed by atoms with E-state index in [2.05, 4.69) is 4.90 Å². The fourth-order valence-corrected chi connectivity index (χ4v) is 6.78. The van der Waals surface area contributed by atoms with Gasteiger partial charge >= 0.3 is 0 Å². The van der Waals surface area contributed by atoms with E-state index in [9.17, 15) is 17.6 Å². The Kier molecular flexibility index (Phi) is 5.89. The molecule has 0 saturated carbocycles. The Morgan fingerprint density at radius 1 is 0.897 bits per heavy atom. The lowest BCUT2D eigenvalue weighted by atomic mass is 10.2. The van der Waals surface area contributed by atoms with Crippen molar-refractivity contribution >= 4 is 33.0 Å². The second-order valence-electron chi connectivity index (χ2n) is 7.33. The molecule has 0 spiro atoms. The van der Waals surface area contributed by atoms with Crippen LogP contribution in [0.1, 0.15) is 28.9 Å². The van der Waals surface area contributed by atoms with Gasteiger partial charge in [0.1, 0.15) is 15.6 Å². The Labute approximate surface area is 174 Å². The molecule has 6 nitrogen and oxygen atoms in total. The highest BCUT2D eigenvalue weighted by atomic mass is 32.2. The maximum atomic E-state index is 13.2. The standard InChI is InChI=1S/C20H24FN3O3S2/c21-16-4-6-17(7-5-16)22-9-3-10-23(14-13-22)20(25)19-18(8-15-28-19)29(26,27)24-11-1-2-12-24/h4-8,15H,1-3,9-14H2. The molecule has 2 saturated heterocycles. The number of anilines is 1. The smallest absolute Gasteiger partial charge is 0.265 e. The molecule has 1 aromatic heterocycles. The summed E-state index contributed by atoms with van der Waals surface area (Å²) in [6, 6.07) is 7.91. The molecule has 2 aliphatic rings. The van der Waals surface area contributed by atoms with E-state index in [1.54, 1.807) is 28.5 Å². The molecular weight excluding hydrogens is 413 g/mol. The van der Waals surface area contributed by atoms with Crippen molar-refractivity contribution in [2.45, 2.75) is 24.2 Å². The van der Waals surface area contributed by atoms with Gasteiger partial charge in [0.2, 0.25) is 10.0 Å². The van der Waals surface area contributed by atoms with Crippen molar-refractivity contribution in [3.8, 4) is 0 Å². The summed E-state index contributed by atoms with van der Waals surface area (Å²) in [5.74, 6) is -0.497. The van der Waals surface area contributed by atoms with Gasteiger partial charge in [0.05, 0.1) is 0 Å². The second kappa shape index (κ2) is 8.41. The minimum Gasteiger partial charge on any atom is -0.370 e. The normalized spacial score (nSPS) is 18.8. The van der Waals surface area contributed by atoms with Crippen LogP contribution in [0.4, 0.5) is 10.1 Å². The zero-order chi connectivity index (χ0) is 20.4. The summed E-state index contributed by atoms with van der Waals surface area (Å²) >= 11 is 1.19. The van der Waals surface area contributed by atoms with Crippen LogP contribution in [0.25, 0.3) is 0 Å². The van der Waals surface area contributed by atoms with Gasteiger partial charge in [0.25, 0.3) is 5.91 Å². The molecule has 1 aromatic carbocycles. The van der Waals surface area contributed by atoms with Crippen LogP contribution in [-0.4, -0.2) is 62.8 Å². The number of nitrogens with zero attached hydrogens (tertiary/aromatic N) is 3. The van der Waals surface area contributed by atoms with Gasteiger partial charge in [-0.2, -0.15) is 4.31 Å². The quantitative estimate of drug-likeness (QED) is 0.738. The van der Waals surface area contributed by atoms with E-state index in [1.807, 2.05) is 0 Å². The Balaban J connectivity index is 1.49. The van der Waals surface area contributed by atoms with Crippen LogP contribution in [0.2, 0.25) is 0 Å². The van der Waals surface area contributed by atoms with Crippen molar-refractivity contribution in [3.05, 3.63) is 46.4 Å². The van der Waals surface area contributed by atoms with Crippen molar-refractivity contribution in [3.63, 3.8) is 0 Å². The predicted molar refractivity (Wildman–Crippen MR) is 111 cm³/mol. The summed E-state index contributed by atoms with van der Waals surface area (Å²) < 4.78 is 40.6. The van der Waals surface area contributed by atoms with Crippen molar-refractivity contribution in [1.82, 2.24) is 9.21 Å². The van der Waals surface area contributed by atoms with Gasteiger partial charge < -0.3 is 9.80 Å². The van der Waals surface area contributed by atoms with E-state index in [0.29, 0.717) is 37.6 Å². The molecule has 0 unspecified atom stereocenters. The van der Waals surface area contributed by atoms with E-state index in [-0.39, 0.29) is 16.6 Å². The number of halogens is 1. The van der Waals surface area contributed by atoms with Crippen LogP contribution >= 0.6 is 11.3 Å². The van der Waals surface area contributed by atoms with Crippen LogP contribution in [-0.2, 0) is 10.0 Å². The molecule has 0 bridgehead atoms. The van der Waals surface area contributed by atoms with Gasteiger partial charge in [-0.3, -0.25) is 4.79 Å². The first-order valence-corrected chi connectivity index (χ1v) is 12.2. The molecule has 156 valence electrons. The van der Waals surface area contributed by atoms with Crippen LogP contribution in [0.5, 0.6) is 0 Å². The molecule has 0 N–H and O–H groups in total. The maximum Gasteiger partial charge on any atom is 0.265 e. The van der Waals surface area contributed by atoms with Crippen molar-refractivity contribution < 1.29 is 17.6 Å². The van der Waals surface area contributed by atoms with E-state index in [0.717, 1.165) is 31.5 Å². The van der Waals surface area contributed by atoms with E-state index in [4.69, 9.17) is 0 Å². The van der Waals surface area contributed by atoms with E-state index < -0.39 is 10.0 Å². The topological polar surface area (TPSA) is 60.9 Å². The van der Waals surface area contributed by atoms with Crippen LogP contribution in [0.3, 0.4) is 0 Å². The Morgan fingerprint density at radius 3 is 2.34 bits per heavy atom. The molecular formula is C20H24FN3O3S2. The minimum atomic E-state index is -3.63. The lowest BCUT2D eigenvalue weighted by Gasteiger charge is -2.24. The number of hydrogen-bond donors (Lipinski definition) is 0. The van der Waals surface area contributed by atoms with Gasteiger partial charge in [-0.1, -0.05) is 0 Å². The first-order chi connectivity index (χ1) is 14.0. The molecule has 0 aliphatic carbocycles. The lowest BCUT2D eigenvalue weighted by molar-refractivity contribution is 0.0768. The molecule has 2 aromatic rings. The highest BCUT2D eigenvalue weighted by Crippen LogP contribution is 2.29. The summed E-state index contributed by atoms with van der Waals surface area (Å²) in [5, 5.41) is 1.68. The lowest BCUT2D eigenvalue weighted by Crippen LogP contribution is -2.36. The number of sulfonamides is 1. The molecule has 3 heterocycles. The number of benzene rings is 1. The molecule has 29 heavy (non-hydrogen) atoms. The van der Waals surface area contributed by atoms with Crippen molar-refractivity contribution in [1.29, 1.82) is 0 Å². The molecule has 1 amide bonds. The molecule has 0 atom stereocenters. The first kappa shape index (κ1) is 20.3. The average Bonchev–Trinajstić information content (AvgIpc) is 3.37. The third kappa shape index (κ3) is 4.17. The summed E-state index contributed by atoms with van der Waals surface area (Å²) in [6.45, 7) is 3.48. The van der Waals surface area contributed by atoms with Gasteiger partial charge in [0, 0.05) is 45.0 Å². The fraction of sp³-hybridized carbons (Fsp3) is 0.450. The molecule has 0 radical (unpaired) electrons. The molecule has 4 rings (SSSR count). The molecule has 2 aliphatic heterocycles. The summed E-state index contributed by atoms with van der Waals surface area (Å²) in [4.78, 5) is 17.5. The largest absolute Gasteiger partial charge is 0.370 e. The molecule has 9 heteroatoms. The Morgan fingerprint density at radius 2 is 1.62 bits per heavy atom. The number of rotatable bonds is 4. The average molecular weight is 438 g/mol. The Hall–Kier alpha value is -1.97. The van der Waals surface area contributed by atoms with Crippen LogP contribution in [0.15, 0.2) is 40.6 Å². The number of carbonyl (C=O) groups is 1. The number of thiophene rings is 1. The Bertz CT molecular complexity index is 969. The summed E-state index contributed by atoms with van der Waals surface area (Å²) in [6.07, 6.45) is 2.48. The van der Waals surface area contributed by atoms with Gasteiger partial charge in [-0.25, -0.2) is 12.8 Å². The number of hydrogen-bond acceptors (Lipinski definition) is 5. The zero-order valence-electron chi connectivity index (χ0n) is 16.1. The van der Waals surface area contributed by atoms with Crippen LogP contribution < -0.4 is 4.90 Å². The van der Waals surface area contributed by atoms with E-state index >= 15 is 0 Å².